The second kappa shape index (κ2) is 8.51. The topological polar surface area (TPSA) is 111 Å². The number of non-ortho nitro benzene ring substituents is 1. The number of nitro groups is 1. The molecule has 0 fully saturated rings. The molecule has 1 N–H and O–H groups in total. The second-order valence-corrected chi connectivity index (χ2v) is 4.09. The van der Waals surface area contributed by atoms with Crippen molar-refractivity contribution in [2.75, 3.05) is 13.7 Å². The molecule has 0 atom stereocenters. The summed E-state index contributed by atoms with van der Waals surface area (Å²) in [6.45, 7) is 0.387. The zero-order valence-electron chi connectivity index (χ0n) is 11.5. The van der Waals surface area contributed by atoms with Gasteiger partial charge < -0.3 is 14.7 Å². The van der Waals surface area contributed by atoms with Gasteiger partial charge in [-0.15, -0.1) is 0 Å². The first-order chi connectivity index (χ1) is 10.1. The zero-order valence-corrected chi connectivity index (χ0v) is 11.5. The third-order valence-electron chi connectivity index (χ3n) is 2.67. The lowest BCUT2D eigenvalue weighted by atomic mass is 10.2. The number of carbonyl (C=O) groups is 1. The maximum absolute atomic E-state index is 11.1. The van der Waals surface area contributed by atoms with Crippen molar-refractivity contribution < 1.29 is 24.4 Å². The molecule has 0 spiro atoms. The van der Waals surface area contributed by atoms with E-state index < -0.39 is 10.9 Å². The number of nitrogens with zero attached hydrogens (tertiary/aromatic N) is 2. The Morgan fingerprint density at radius 1 is 1.33 bits per heavy atom. The number of hydrogen-bond acceptors (Lipinski definition) is 7. The number of esters is 1. The van der Waals surface area contributed by atoms with Crippen molar-refractivity contribution in [3.8, 4) is 5.75 Å². The molecule has 8 nitrogen and oxygen atoms in total. The second-order valence-electron chi connectivity index (χ2n) is 4.09. The van der Waals surface area contributed by atoms with Crippen molar-refractivity contribution in [3.63, 3.8) is 0 Å². The summed E-state index contributed by atoms with van der Waals surface area (Å²) in [7, 11) is 1.21. The molecule has 0 bridgehead atoms. The molecule has 0 aliphatic rings. The van der Waals surface area contributed by atoms with Gasteiger partial charge in [-0.25, -0.2) is 4.79 Å². The monoisotopic (exact) mass is 296 g/mol. The lowest BCUT2D eigenvalue weighted by Gasteiger charge is -2.06. The summed E-state index contributed by atoms with van der Waals surface area (Å²) in [5.41, 5.74) is -0.0305. The van der Waals surface area contributed by atoms with Gasteiger partial charge in [0, 0.05) is 18.6 Å². The highest BCUT2D eigenvalue weighted by Crippen LogP contribution is 2.17. The van der Waals surface area contributed by atoms with Crippen LogP contribution in [-0.4, -0.2) is 35.5 Å². The summed E-state index contributed by atoms with van der Waals surface area (Å²) >= 11 is 0. The molecule has 0 aromatic heterocycles. The number of methoxy groups -OCH3 is 1. The summed E-state index contributed by atoms with van der Waals surface area (Å²) in [5, 5.41) is 22.0. The predicted octanol–water partition coefficient (Wildman–Crippen LogP) is 2.15. The smallest absolute Gasteiger partial charge is 0.355 e. The molecular formula is C13H16N2O6. The molecule has 0 unspecified atom stereocenters. The molecule has 114 valence electrons. The number of hydrogen-bond donors (Lipinski definition) is 1. The highest BCUT2D eigenvalue weighted by Gasteiger charge is 2.11. The van der Waals surface area contributed by atoms with Gasteiger partial charge in [0.15, 0.2) is 5.71 Å². The predicted molar refractivity (Wildman–Crippen MR) is 73.7 cm³/mol. The maximum Gasteiger partial charge on any atom is 0.355 e. The Morgan fingerprint density at radius 2 is 2.00 bits per heavy atom. The summed E-state index contributed by atoms with van der Waals surface area (Å²) in [4.78, 5) is 21.1. The summed E-state index contributed by atoms with van der Waals surface area (Å²) in [6, 6.07) is 5.77. The van der Waals surface area contributed by atoms with E-state index in [4.69, 9.17) is 9.94 Å². The van der Waals surface area contributed by atoms with Crippen LogP contribution in [0.3, 0.4) is 0 Å². The van der Waals surface area contributed by atoms with E-state index in [1.165, 1.54) is 31.4 Å². The first kappa shape index (κ1) is 16.4. The average molecular weight is 296 g/mol. The van der Waals surface area contributed by atoms with Crippen LogP contribution in [0.4, 0.5) is 5.69 Å². The first-order valence-electron chi connectivity index (χ1n) is 6.25. The van der Waals surface area contributed by atoms with Gasteiger partial charge in [-0.05, 0) is 25.0 Å². The van der Waals surface area contributed by atoms with Crippen molar-refractivity contribution in [3.05, 3.63) is 34.4 Å². The van der Waals surface area contributed by atoms with Crippen LogP contribution in [0.2, 0.25) is 0 Å². The van der Waals surface area contributed by atoms with E-state index in [-0.39, 0.29) is 17.8 Å². The van der Waals surface area contributed by atoms with E-state index in [1.54, 1.807) is 0 Å². The molecule has 21 heavy (non-hydrogen) atoms. The number of carbonyl (C=O) groups excluding carboxylic acids is 1. The van der Waals surface area contributed by atoms with E-state index in [1.807, 2.05) is 0 Å². The zero-order chi connectivity index (χ0) is 15.7. The fourth-order valence-electron chi connectivity index (χ4n) is 1.56. The van der Waals surface area contributed by atoms with Crippen LogP contribution in [0.5, 0.6) is 5.75 Å². The first-order valence-corrected chi connectivity index (χ1v) is 6.25. The molecule has 0 saturated heterocycles. The highest BCUT2D eigenvalue weighted by atomic mass is 16.6. The number of unbranched alkanes of at least 4 members (excludes halogenated alkanes) is 1. The third kappa shape index (κ3) is 5.47. The average Bonchev–Trinajstić information content (AvgIpc) is 2.50. The molecule has 1 rings (SSSR count). The molecule has 0 amide bonds. The van der Waals surface area contributed by atoms with Crippen molar-refractivity contribution in [2.24, 2.45) is 5.16 Å². The molecule has 1 aromatic rings. The summed E-state index contributed by atoms with van der Waals surface area (Å²) < 4.78 is 9.85. The minimum atomic E-state index is -0.659. The van der Waals surface area contributed by atoms with Gasteiger partial charge in [0.2, 0.25) is 0 Å². The van der Waals surface area contributed by atoms with Crippen LogP contribution in [0.15, 0.2) is 29.4 Å². The minimum absolute atomic E-state index is 0.00391. The van der Waals surface area contributed by atoms with Crippen LogP contribution in [0.25, 0.3) is 0 Å². The standard InChI is InChI=1S/C13H16N2O6/c1-20-13(16)12(14-17)4-2-3-9-21-11-7-5-10(6-8-11)15(18)19/h5-8,17H,2-4,9H2,1H3. The van der Waals surface area contributed by atoms with Crippen LogP contribution >= 0.6 is 0 Å². The molecule has 0 aliphatic carbocycles. The van der Waals surface area contributed by atoms with Crippen molar-refractivity contribution in [1.82, 2.24) is 0 Å². The van der Waals surface area contributed by atoms with Crippen LogP contribution in [0.1, 0.15) is 19.3 Å². The Hall–Kier alpha value is -2.64. The Bertz CT molecular complexity index is 512. The van der Waals surface area contributed by atoms with Crippen LogP contribution < -0.4 is 4.74 Å². The number of nitro benzene ring substituents is 1. The van der Waals surface area contributed by atoms with Crippen LogP contribution in [-0.2, 0) is 9.53 Å². The fourth-order valence-corrected chi connectivity index (χ4v) is 1.56. The molecular weight excluding hydrogens is 280 g/mol. The Kier molecular flexibility index (Phi) is 6.66. The quantitative estimate of drug-likeness (QED) is 0.196. The van der Waals surface area contributed by atoms with Crippen molar-refractivity contribution in [1.29, 1.82) is 0 Å². The number of rotatable bonds is 8. The Morgan fingerprint density at radius 3 is 2.52 bits per heavy atom. The minimum Gasteiger partial charge on any atom is -0.494 e. The summed E-state index contributed by atoms with van der Waals surface area (Å²) in [6.07, 6.45) is 1.50. The highest BCUT2D eigenvalue weighted by molar-refractivity contribution is 6.36. The van der Waals surface area contributed by atoms with Gasteiger partial charge >= 0.3 is 5.97 Å². The maximum atomic E-state index is 11.1. The van der Waals surface area contributed by atoms with Crippen LogP contribution in [0, 0.1) is 10.1 Å². The lowest BCUT2D eigenvalue weighted by molar-refractivity contribution is -0.384. The molecule has 8 heteroatoms. The normalized spacial score (nSPS) is 11.0. The molecule has 1 aromatic carbocycles. The van der Waals surface area contributed by atoms with E-state index in [9.17, 15) is 14.9 Å². The number of benzene rings is 1. The van der Waals surface area contributed by atoms with Gasteiger partial charge in [0.25, 0.3) is 5.69 Å². The Labute approximate surface area is 121 Å². The largest absolute Gasteiger partial charge is 0.494 e. The fraction of sp³-hybridized carbons (Fsp3) is 0.385. The number of ether oxygens (including phenoxy) is 2. The van der Waals surface area contributed by atoms with E-state index in [0.29, 0.717) is 25.2 Å². The van der Waals surface area contributed by atoms with Gasteiger partial charge in [-0.2, -0.15) is 0 Å². The molecule has 0 radical (unpaired) electrons. The summed E-state index contributed by atoms with van der Waals surface area (Å²) in [5.74, 6) is -0.126. The van der Waals surface area contributed by atoms with Gasteiger partial charge in [0.1, 0.15) is 5.75 Å². The molecule has 0 heterocycles. The molecule has 0 saturated carbocycles. The lowest BCUT2D eigenvalue weighted by Crippen LogP contribution is -2.16. The number of oxime groups is 1. The van der Waals surface area contributed by atoms with Gasteiger partial charge in [-0.1, -0.05) is 5.16 Å². The van der Waals surface area contributed by atoms with Crippen molar-refractivity contribution in [2.45, 2.75) is 19.3 Å². The van der Waals surface area contributed by atoms with E-state index >= 15 is 0 Å². The molecule has 0 aliphatic heterocycles. The van der Waals surface area contributed by atoms with Gasteiger partial charge in [-0.3, -0.25) is 10.1 Å². The van der Waals surface area contributed by atoms with E-state index in [2.05, 4.69) is 9.89 Å². The Balaban J connectivity index is 2.28. The SMILES string of the molecule is COC(=O)C(CCCCOc1ccc([N+](=O)[O-])cc1)=NO. The third-order valence-corrected chi connectivity index (χ3v) is 2.67. The van der Waals surface area contributed by atoms with Gasteiger partial charge in [0.05, 0.1) is 18.6 Å². The van der Waals surface area contributed by atoms with E-state index in [0.717, 1.165) is 0 Å². The van der Waals surface area contributed by atoms with Crippen molar-refractivity contribution >= 4 is 17.4 Å².